The summed E-state index contributed by atoms with van der Waals surface area (Å²) in [5.41, 5.74) is 5.33. The normalized spacial score (nSPS) is 11.9. The minimum Gasteiger partial charge on any atom is -0.480 e. The van der Waals surface area contributed by atoms with Gasteiger partial charge in [0, 0.05) is 12.8 Å². The molecule has 6 nitrogen and oxygen atoms in total. The maximum Gasteiger partial charge on any atom is 0.320 e. The number of imide groups is 1. The first kappa shape index (κ1) is 27.6. The third kappa shape index (κ3) is 19.7. The van der Waals surface area contributed by atoms with Gasteiger partial charge in [-0.2, -0.15) is 0 Å². The van der Waals surface area contributed by atoms with E-state index in [2.05, 4.69) is 12.2 Å². The average Bonchev–Trinajstić information content (AvgIpc) is 2.68. The van der Waals surface area contributed by atoms with Gasteiger partial charge in [0.1, 0.15) is 6.04 Å². The van der Waals surface area contributed by atoms with E-state index in [0.29, 0.717) is 6.42 Å². The minimum atomic E-state index is -1.14. The summed E-state index contributed by atoms with van der Waals surface area (Å²) in [4.78, 5) is 33.8. The zero-order valence-corrected chi connectivity index (χ0v) is 18.6. The van der Waals surface area contributed by atoms with Crippen LogP contribution in [-0.2, 0) is 14.4 Å². The lowest BCUT2D eigenvalue weighted by atomic mass is 10.0. The van der Waals surface area contributed by atoms with Crippen molar-refractivity contribution in [2.45, 2.75) is 129 Å². The number of hydrogen-bond donors (Lipinski definition) is 3. The van der Waals surface area contributed by atoms with Gasteiger partial charge in [-0.1, -0.05) is 96.8 Å². The van der Waals surface area contributed by atoms with E-state index in [0.717, 1.165) is 19.3 Å². The van der Waals surface area contributed by atoms with Crippen LogP contribution in [0, 0.1) is 0 Å². The molecule has 0 rings (SSSR count). The fraction of sp³-hybridized carbons (Fsp3) is 0.870. The van der Waals surface area contributed by atoms with Gasteiger partial charge in [-0.15, -0.1) is 0 Å². The lowest BCUT2D eigenvalue weighted by molar-refractivity contribution is -0.138. The predicted molar refractivity (Wildman–Crippen MR) is 118 cm³/mol. The van der Waals surface area contributed by atoms with Crippen LogP contribution in [0.2, 0.25) is 0 Å². The van der Waals surface area contributed by atoms with Crippen LogP contribution in [0.15, 0.2) is 0 Å². The van der Waals surface area contributed by atoms with Gasteiger partial charge in [0.05, 0.1) is 0 Å². The molecule has 0 aromatic carbocycles. The van der Waals surface area contributed by atoms with E-state index in [1.807, 2.05) is 0 Å². The Hall–Kier alpha value is -1.43. The van der Waals surface area contributed by atoms with Crippen LogP contribution in [0.3, 0.4) is 0 Å². The molecule has 0 aliphatic carbocycles. The first-order valence-electron chi connectivity index (χ1n) is 11.8. The van der Waals surface area contributed by atoms with Crippen molar-refractivity contribution in [2.24, 2.45) is 5.73 Å². The molecule has 170 valence electrons. The van der Waals surface area contributed by atoms with Crippen LogP contribution in [0.5, 0.6) is 0 Å². The number of nitrogens with two attached hydrogens (primary N) is 1. The van der Waals surface area contributed by atoms with E-state index in [9.17, 15) is 14.4 Å². The van der Waals surface area contributed by atoms with Crippen LogP contribution in [-0.4, -0.2) is 28.9 Å². The Balaban J connectivity index is 3.34. The lowest BCUT2D eigenvalue weighted by Gasteiger charge is -2.07. The molecule has 0 fully saturated rings. The molecule has 0 aliphatic rings. The van der Waals surface area contributed by atoms with Gasteiger partial charge >= 0.3 is 5.97 Å². The van der Waals surface area contributed by atoms with Crippen LogP contribution in [0.1, 0.15) is 122 Å². The SMILES string of the molecule is CCCCCCCCCCCCCCCCCC(=O)NC(=O)CCC(N)C(=O)O. The standard InChI is InChI=1S/C23H44N2O4/c1-2-3-4-5-6-7-8-9-10-11-12-13-14-15-16-17-21(26)25-22(27)19-18-20(24)23(28)29/h20H,2-19,24H2,1H3,(H,28,29)(H,25,26,27). The van der Waals surface area contributed by atoms with E-state index >= 15 is 0 Å². The third-order valence-corrected chi connectivity index (χ3v) is 5.29. The van der Waals surface area contributed by atoms with E-state index in [1.54, 1.807) is 0 Å². The number of rotatable bonds is 20. The summed E-state index contributed by atoms with van der Waals surface area (Å²) in [5.74, 6) is -1.87. The second-order valence-corrected chi connectivity index (χ2v) is 8.15. The molecule has 0 spiro atoms. The first-order chi connectivity index (χ1) is 14.0. The van der Waals surface area contributed by atoms with Crippen LogP contribution >= 0.6 is 0 Å². The van der Waals surface area contributed by atoms with Crippen LogP contribution in [0.4, 0.5) is 0 Å². The monoisotopic (exact) mass is 412 g/mol. The van der Waals surface area contributed by atoms with Crippen LogP contribution in [0.25, 0.3) is 0 Å². The number of amides is 2. The lowest BCUT2D eigenvalue weighted by Crippen LogP contribution is -2.34. The topological polar surface area (TPSA) is 109 Å². The van der Waals surface area contributed by atoms with Crippen molar-refractivity contribution in [3.05, 3.63) is 0 Å². The summed E-state index contributed by atoms with van der Waals surface area (Å²) in [6.45, 7) is 2.26. The number of hydrogen-bond acceptors (Lipinski definition) is 4. The fourth-order valence-corrected chi connectivity index (χ4v) is 3.35. The van der Waals surface area contributed by atoms with Crippen molar-refractivity contribution in [1.82, 2.24) is 5.32 Å². The molecule has 0 bridgehead atoms. The van der Waals surface area contributed by atoms with E-state index < -0.39 is 17.9 Å². The molecule has 0 heterocycles. The highest BCUT2D eigenvalue weighted by Crippen LogP contribution is 2.13. The third-order valence-electron chi connectivity index (χ3n) is 5.29. The highest BCUT2D eigenvalue weighted by Gasteiger charge is 2.14. The van der Waals surface area contributed by atoms with Crippen molar-refractivity contribution in [2.75, 3.05) is 0 Å². The van der Waals surface area contributed by atoms with Gasteiger partial charge in [-0.3, -0.25) is 19.7 Å². The Bertz CT molecular complexity index is 441. The number of carboxylic acids is 1. The van der Waals surface area contributed by atoms with Gasteiger partial charge in [-0.05, 0) is 12.8 Å². The molecule has 1 unspecified atom stereocenters. The molecule has 6 heteroatoms. The second kappa shape index (κ2) is 19.9. The van der Waals surface area contributed by atoms with Crippen molar-refractivity contribution < 1.29 is 19.5 Å². The summed E-state index contributed by atoms with van der Waals surface area (Å²) in [5, 5.41) is 11.0. The van der Waals surface area contributed by atoms with Crippen LogP contribution < -0.4 is 11.1 Å². The molecular formula is C23H44N2O4. The maximum absolute atomic E-state index is 11.7. The van der Waals surface area contributed by atoms with Gasteiger partial charge in [0.2, 0.25) is 11.8 Å². The zero-order chi connectivity index (χ0) is 21.7. The molecule has 29 heavy (non-hydrogen) atoms. The number of carbonyl (C=O) groups is 3. The summed E-state index contributed by atoms with van der Waals surface area (Å²) in [6, 6.07) is -1.06. The molecule has 1 atom stereocenters. The molecular weight excluding hydrogens is 368 g/mol. The summed E-state index contributed by atoms with van der Waals surface area (Å²) < 4.78 is 0. The molecule has 4 N–H and O–H groups in total. The molecule has 0 saturated heterocycles. The van der Waals surface area contributed by atoms with E-state index in [4.69, 9.17) is 10.8 Å². The predicted octanol–water partition coefficient (Wildman–Crippen LogP) is 5.08. The highest BCUT2D eigenvalue weighted by atomic mass is 16.4. The van der Waals surface area contributed by atoms with Crippen molar-refractivity contribution in [3.63, 3.8) is 0 Å². The summed E-state index contributed by atoms with van der Waals surface area (Å²) in [6.07, 6.45) is 19.4. The zero-order valence-electron chi connectivity index (χ0n) is 18.6. The van der Waals surface area contributed by atoms with Gasteiger partial charge in [0.15, 0.2) is 0 Å². The number of carboxylic acid groups (broad SMARTS) is 1. The molecule has 0 aromatic heterocycles. The first-order valence-corrected chi connectivity index (χ1v) is 11.8. The average molecular weight is 413 g/mol. The largest absolute Gasteiger partial charge is 0.480 e. The van der Waals surface area contributed by atoms with Gasteiger partial charge in [-0.25, -0.2) is 0 Å². The molecule has 0 saturated carbocycles. The number of aliphatic carboxylic acids is 1. The molecule has 0 aromatic rings. The smallest absolute Gasteiger partial charge is 0.320 e. The Morgan fingerprint density at radius 3 is 1.48 bits per heavy atom. The summed E-state index contributed by atoms with van der Waals surface area (Å²) >= 11 is 0. The molecule has 0 radical (unpaired) electrons. The molecule has 2 amide bonds. The Labute approximate surface area is 177 Å². The number of carbonyl (C=O) groups excluding carboxylic acids is 2. The Morgan fingerprint density at radius 2 is 1.07 bits per heavy atom. The van der Waals surface area contributed by atoms with Crippen molar-refractivity contribution >= 4 is 17.8 Å². The van der Waals surface area contributed by atoms with Gasteiger partial charge in [0.25, 0.3) is 0 Å². The number of unbranched alkanes of at least 4 members (excludes halogenated alkanes) is 14. The quantitative estimate of drug-likeness (QED) is 0.241. The minimum absolute atomic E-state index is 0.0351. The fourth-order valence-electron chi connectivity index (χ4n) is 3.35. The highest BCUT2D eigenvalue weighted by molar-refractivity contribution is 5.95. The van der Waals surface area contributed by atoms with Gasteiger partial charge < -0.3 is 10.8 Å². The van der Waals surface area contributed by atoms with E-state index in [1.165, 1.54) is 77.0 Å². The van der Waals surface area contributed by atoms with E-state index in [-0.39, 0.29) is 18.7 Å². The summed E-state index contributed by atoms with van der Waals surface area (Å²) in [7, 11) is 0. The number of nitrogens with one attached hydrogen (secondary N) is 1. The molecule has 0 aliphatic heterocycles. The Morgan fingerprint density at radius 1 is 0.690 bits per heavy atom. The Kier molecular flexibility index (Phi) is 18.9. The maximum atomic E-state index is 11.7. The van der Waals surface area contributed by atoms with Crippen molar-refractivity contribution in [1.29, 1.82) is 0 Å². The second-order valence-electron chi connectivity index (χ2n) is 8.15. The van der Waals surface area contributed by atoms with Crippen molar-refractivity contribution in [3.8, 4) is 0 Å².